The van der Waals surface area contributed by atoms with Crippen LogP contribution in [0.3, 0.4) is 0 Å². The molecule has 0 bridgehead atoms. The Morgan fingerprint density at radius 1 is 1.43 bits per heavy atom. The van der Waals surface area contributed by atoms with E-state index in [-0.39, 0.29) is 12.1 Å². The maximum Gasteiger partial charge on any atom is 0.317 e. The Hall–Kier alpha value is -1.11. The Bertz CT molecular complexity index is 415. The molecule has 118 valence electrons. The van der Waals surface area contributed by atoms with Crippen molar-refractivity contribution in [3.63, 3.8) is 0 Å². The zero-order chi connectivity index (χ0) is 15.1. The number of thiophene rings is 1. The van der Waals surface area contributed by atoms with Crippen LogP contribution in [0.25, 0.3) is 0 Å². The molecule has 2 amide bonds. The van der Waals surface area contributed by atoms with Gasteiger partial charge in [0, 0.05) is 37.6 Å². The highest BCUT2D eigenvalue weighted by atomic mass is 32.1. The molecule has 6 heteroatoms. The van der Waals surface area contributed by atoms with Gasteiger partial charge in [-0.05, 0) is 25.3 Å². The summed E-state index contributed by atoms with van der Waals surface area (Å²) >= 11 is 1.75. The third-order valence-corrected chi connectivity index (χ3v) is 4.83. The number of ether oxygens (including phenoxy) is 1. The van der Waals surface area contributed by atoms with Gasteiger partial charge in [0.2, 0.25) is 0 Å². The quantitative estimate of drug-likeness (QED) is 0.876. The fourth-order valence-corrected chi connectivity index (χ4v) is 3.45. The molecule has 1 aliphatic rings. The average molecular weight is 311 g/mol. The van der Waals surface area contributed by atoms with E-state index in [9.17, 15) is 4.79 Å². The first-order valence-corrected chi connectivity index (χ1v) is 8.52. The molecule has 0 spiro atoms. The molecule has 1 unspecified atom stereocenters. The molecule has 2 heterocycles. The topological polar surface area (TPSA) is 44.8 Å². The predicted molar refractivity (Wildman–Crippen MR) is 85.8 cm³/mol. The van der Waals surface area contributed by atoms with Gasteiger partial charge in [0.15, 0.2) is 0 Å². The number of carbonyl (C=O) groups excluding carboxylic acids is 1. The summed E-state index contributed by atoms with van der Waals surface area (Å²) in [5.41, 5.74) is 0. The molecule has 1 aromatic heterocycles. The number of nitrogens with zero attached hydrogens (tertiary/aromatic N) is 2. The standard InChI is InChI=1S/C15H25N3O2S/c1-3-17(4-2)15(19)16-12-13(14-6-5-11-21-14)18-7-9-20-10-8-18/h5-6,11,13H,3-4,7-10,12H2,1-2H3,(H,16,19). The monoisotopic (exact) mass is 311 g/mol. The molecule has 5 nitrogen and oxygen atoms in total. The van der Waals surface area contributed by atoms with Crippen LogP contribution in [0, 0.1) is 0 Å². The first-order chi connectivity index (χ1) is 10.3. The molecule has 1 N–H and O–H groups in total. The highest BCUT2D eigenvalue weighted by Crippen LogP contribution is 2.25. The van der Waals surface area contributed by atoms with Crippen molar-refractivity contribution in [3.05, 3.63) is 22.4 Å². The number of hydrogen-bond donors (Lipinski definition) is 1. The third-order valence-electron chi connectivity index (χ3n) is 3.86. The van der Waals surface area contributed by atoms with Crippen LogP contribution >= 0.6 is 11.3 Å². The summed E-state index contributed by atoms with van der Waals surface area (Å²) in [6.07, 6.45) is 0. The van der Waals surface area contributed by atoms with E-state index in [0.29, 0.717) is 6.54 Å². The molecule has 21 heavy (non-hydrogen) atoms. The van der Waals surface area contributed by atoms with E-state index >= 15 is 0 Å². The number of hydrogen-bond acceptors (Lipinski definition) is 4. The lowest BCUT2D eigenvalue weighted by Crippen LogP contribution is -2.46. The molecule has 0 aromatic carbocycles. The maximum atomic E-state index is 12.1. The fourth-order valence-electron chi connectivity index (χ4n) is 2.59. The third kappa shape index (κ3) is 4.43. The van der Waals surface area contributed by atoms with Crippen LogP contribution in [0.2, 0.25) is 0 Å². The first kappa shape index (κ1) is 16.3. The molecule has 1 atom stereocenters. The van der Waals surface area contributed by atoms with Gasteiger partial charge >= 0.3 is 6.03 Å². The Labute approximate surface area is 130 Å². The van der Waals surface area contributed by atoms with Crippen LogP contribution in [0.1, 0.15) is 24.8 Å². The predicted octanol–water partition coefficient (Wildman–Crippen LogP) is 2.17. The van der Waals surface area contributed by atoms with Gasteiger partial charge in [0.05, 0.1) is 19.3 Å². The van der Waals surface area contributed by atoms with Crippen LogP contribution in [0.5, 0.6) is 0 Å². The van der Waals surface area contributed by atoms with Gasteiger partial charge < -0.3 is 15.0 Å². The number of amides is 2. The molecule has 2 rings (SSSR count). The van der Waals surface area contributed by atoms with Gasteiger partial charge in [-0.15, -0.1) is 11.3 Å². The molecule has 1 aliphatic heterocycles. The van der Waals surface area contributed by atoms with Gasteiger partial charge in [-0.2, -0.15) is 0 Å². The second kappa shape index (κ2) is 8.36. The Morgan fingerprint density at radius 2 is 2.14 bits per heavy atom. The van der Waals surface area contributed by atoms with Gasteiger partial charge in [-0.1, -0.05) is 6.07 Å². The van der Waals surface area contributed by atoms with E-state index in [1.54, 1.807) is 11.3 Å². The molecule has 1 aromatic rings. The van der Waals surface area contributed by atoms with Crippen LogP contribution in [-0.4, -0.2) is 61.8 Å². The van der Waals surface area contributed by atoms with Crippen molar-refractivity contribution < 1.29 is 9.53 Å². The minimum absolute atomic E-state index is 0.0230. The van der Waals surface area contributed by atoms with E-state index in [1.807, 2.05) is 18.7 Å². The number of carbonyl (C=O) groups is 1. The maximum absolute atomic E-state index is 12.1. The van der Waals surface area contributed by atoms with E-state index in [2.05, 4.69) is 27.7 Å². The first-order valence-electron chi connectivity index (χ1n) is 7.64. The largest absolute Gasteiger partial charge is 0.379 e. The summed E-state index contributed by atoms with van der Waals surface area (Å²) in [4.78, 5) is 17.7. The van der Waals surface area contributed by atoms with E-state index in [4.69, 9.17) is 4.74 Å². The number of nitrogens with one attached hydrogen (secondary N) is 1. The Kier molecular flexibility index (Phi) is 6.48. The van der Waals surface area contributed by atoms with Gasteiger partial charge in [0.25, 0.3) is 0 Å². The van der Waals surface area contributed by atoms with Crippen molar-refractivity contribution in [3.8, 4) is 0 Å². The Balaban J connectivity index is 1.98. The lowest BCUT2D eigenvalue weighted by atomic mass is 10.2. The molecule has 0 saturated carbocycles. The molecule has 0 aliphatic carbocycles. The summed E-state index contributed by atoms with van der Waals surface area (Å²) in [6.45, 7) is 9.51. The fraction of sp³-hybridized carbons (Fsp3) is 0.667. The molecule has 0 radical (unpaired) electrons. The van der Waals surface area contributed by atoms with E-state index < -0.39 is 0 Å². The minimum atomic E-state index is 0.0230. The average Bonchev–Trinajstić information content (AvgIpc) is 3.04. The minimum Gasteiger partial charge on any atom is -0.379 e. The molecular weight excluding hydrogens is 286 g/mol. The summed E-state index contributed by atoms with van der Waals surface area (Å²) in [7, 11) is 0. The van der Waals surface area contributed by atoms with Crippen LogP contribution in [-0.2, 0) is 4.74 Å². The molecular formula is C15H25N3O2S. The normalized spacial score (nSPS) is 17.4. The summed E-state index contributed by atoms with van der Waals surface area (Å²) in [6, 6.07) is 4.48. The number of rotatable bonds is 6. The summed E-state index contributed by atoms with van der Waals surface area (Å²) in [5, 5.41) is 5.17. The molecule has 1 fully saturated rings. The number of morpholine rings is 1. The van der Waals surface area contributed by atoms with Crippen molar-refractivity contribution in [2.24, 2.45) is 0 Å². The molecule has 1 saturated heterocycles. The zero-order valence-corrected chi connectivity index (χ0v) is 13.7. The summed E-state index contributed by atoms with van der Waals surface area (Å²) < 4.78 is 5.43. The zero-order valence-electron chi connectivity index (χ0n) is 12.9. The lowest BCUT2D eigenvalue weighted by Gasteiger charge is -2.34. The Morgan fingerprint density at radius 3 is 2.71 bits per heavy atom. The van der Waals surface area contributed by atoms with Crippen molar-refractivity contribution in [2.75, 3.05) is 45.9 Å². The highest BCUT2D eigenvalue weighted by molar-refractivity contribution is 7.10. The highest BCUT2D eigenvalue weighted by Gasteiger charge is 2.24. The smallest absolute Gasteiger partial charge is 0.317 e. The summed E-state index contributed by atoms with van der Waals surface area (Å²) in [5.74, 6) is 0. The van der Waals surface area contributed by atoms with Crippen molar-refractivity contribution in [2.45, 2.75) is 19.9 Å². The second-order valence-electron chi connectivity index (χ2n) is 5.04. The SMILES string of the molecule is CCN(CC)C(=O)NCC(c1cccs1)N1CCOCC1. The van der Waals surface area contributed by atoms with Gasteiger partial charge in [0.1, 0.15) is 0 Å². The van der Waals surface area contributed by atoms with Crippen molar-refractivity contribution in [1.29, 1.82) is 0 Å². The second-order valence-corrected chi connectivity index (χ2v) is 6.02. The number of urea groups is 1. The van der Waals surface area contributed by atoms with E-state index in [1.165, 1.54) is 4.88 Å². The van der Waals surface area contributed by atoms with Crippen LogP contribution in [0.15, 0.2) is 17.5 Å². The lowest BCUT2D eigenvalue weighted by molar-refractivity contribution is 0.0172. The van der Waals surface area contributed by atoms with E-state index in [0.717, 1.165) is 39.4 Å². The van der Waals surface area contributed by atoms with Gasteiger partial charge in [-0.25, -0.2) is 4.79 Å². The van der Waals surface area contributed by atoms with Crippen LogP contribution in [0.4, 0.5) is 4.79 Å². The van der Waals surface area contributed by atoms with Crippen molar-refractivity contribution in [1.82, 2.24) is 15.1 Å². The van der Waals surface area contributed by atoms with Gasteiger partial charge in [-0.3, -0.25) is 4.90 Å². The van der Waals surface area contributed by atoms with Crippen molar-refractivity contribution >= 4 is 17.4 Å². The van der Waals surface area contributed by atoms with Crippen LogP contribution < -0.4 is 5.32 Å².